The third-order valence-corrected chi connectivity index (χ3v) is 20.8. The Labute approximate surface area is 863 Å². The Bertz CT molecular complexity index is 4500. The maximum Gasteiger partial charge on any atom is 0.269 e. The van der Waals surface area contributed by atoms with E-state index >= 15 is 0 Å². The third kappa shape index (κ3) is 58.1. The van der Waals surface area contributed by atoms with Crippen LogP contribution in [0.3, 0.4) is 0 Å². The number of nitro groups is 2. The summed E-state index contributed by atoms with van der Waals surface area (Å²) in [4.78, 5) is 38.1. The third-order valence-electron chi connectivity index (χ3n) is 20.8. The number of benzene rings is 10. The molecule has 6 N–H and O–H groups in total. The van der Waals surface area contributed by atoms with Crippen molar-refractivity contribution >= 4 is 81.2 Å². The van der Waals surface area contributed by atoms with Crippen molar-refractivity contribution in [3.05, 3.63) is 295 Å². The molecular formula is C111H150N11O13Pd3-3. The van der Waals surface area contributed by atoms with Gasteiger partial charge in [0.05, 0.1) is 44.9 Å². The number of hydrogen-bond donors (Lipinski definition) is 6. The predicted octanol–water partition coefficient (Wildman–Crippen LogP) is 28.5. The molecule has 0 heterocycles. The molecule has 0 unspecified atom stereocenters. The largest absolute Gasteiger partial charge is 0.537 e. The average Bonchev–Trinajstić information content (AvgIpc) is 0.848. The number of anilines is 2. The van der Waals surface area contributed by atoms with Crippen LogP contribution in [0, 0.1) is 38.4 Å². The minimum Gasteiger partial charge on any atom is -0.537 e. The Hall–Kier alpha value is -10.0. The van der Waals surface area contributed by atoms with Gasteiger partial charge in [-0.25, -0.2) is 0 Å². The zero-order chi connectivity index (χ0) is 98.3. The fourth-order valence-corrected chi connectivity index (χ4v) is 12.9. The van der Waals surface area contributed by atoms with Crippen LogP contribution < -0.4 is 14.5 Å². The molecule has 0 fully saturated rings. The Morgan fingerprint density at radius 3 is 0.920 bits per heavy atom. The van der Waals surface area contributed by atoms with Crippen molar-refractivity contribution in [3.63, 3.8) is 0 Å². The van der Waals surface area contributed by atoms with Gasteiger partial charge in [0.2, 0.25) is 0 Å². The summed E-state index contributed by atoms with van der Waals surface area (Å²) in [6.07, 6.45) is 33.4. The molecule has 0 saturated carbocycles. The van der Waals surface area contributed by atoms with Gasteiger partial charge in [-0.2, -0.15) is 10.2 Å². The van der Waals surface area contributed by atoms with Crippen LogP contribution in [0.2, 0.25) is 0 Å². The Morgan fingerprint density at radius 2 is 0.623 bits per heavy atom. The first kappa shape index (κ1) is 126. The van der Waals surface area contributed by atoms with Gasteiger partial charge in [0.1, 0.15) is 35.5 Å². The molecule has 0 aliphatic heterocycles. The van der Waals surface area contributed by atoms with Gasteiger partial charge in [-0.05, 0) is 232 Å². The number of phenolic OH excluding ortho intramolecular Hbond substituents is 2. The summed E-state index contributed by atoms with van der Waals surface area (Å²) in [5, 5.41) is 87.7. The van der Waals surface area contributed by atoms with E-state index in [9.17, 15) is 30.4 Å². The normalized spacial score (nSPS) is 10.8. The second kappa shape index (κ2) is 79.7. The molecule has 0 saturated heterocycles. The van der Waals surface area contributed by atoms with Crippen LogP contribution >= 0.6 is 0 Å². The number of nitro benzene ring substituents is 2. The number of aryl methyl sites for hydroxylation is 5. The van der Waals surface area contributed by atoms with Gasteiger partial charge in [0, 0.05) is 167 Å². The number of azo groups is 2. The van der Waals surface area contributed by atoms with Crippen LogP contribution in [0.25, 0.3) is 0 Å². The summed E-state index contributed by atoms with van der Waals surface area (Å²) in [6, 6.07) is 76.1. The van der Waals surface area contributed by atoms with Gasteiger partial charge in [-0.15, -0.1) is 111 Å². The van der Waals surface area contributed by atoms with Gasteiger partial charge in [0.15, 0.2) is 0 Å². The topological polar surface area (TPSA) is 328 Å². The van der Waals surface area contributed by atoms with Crippen LogP contribution in [0.15, 0.2) is 248 Å². The number of non-ortho nitro benzene ring substituents is 2. The van der Waals surface area contributed by atoms with Gasteiger partial charge >= 0.3 is 0 Å². The molecule has 10 rings (SSSR count). The van der Waals surface area contributed by atoms with E-state index in [-0.39, 0.29) is 84.1 Å². The smallest absolute Gasteiger partial charge is 0.269 e. The number of aliphatic hydroxyl groups excluding tert-OH is 2. The number of nitrogens with zero attached hydrogens (tertiary/aromatic N) is 11. The van der Waals surface area contributed by atoms with Gasteiger partial charge < -0.3 is 69.6 Å². The first-order valence-electron chi connectivity index (χ1n) is 48.4. The minimum absolute atomic E-state index is 0. The molecule has 0 aliphatic rings. The SMILES string of the molecule is CC(O)O.CC(O)O.CCCCCCCCOc1c[c-]c(C=Nc2ccc(CCCC)cc2)cc1.CCCCOCCCCc1c[c-]c(C=Nc2ccc(CCCC)cc2)cc1.CCCCOCCCCc1c[c-]c(C=Nc2ccc(CCCC)cc2)cc1.CCN(CC)c1ccc(N=Nc2ccc([N+](=O)[O-])cc2)c(O)c1.CCN(CC)c1ccc(N=Nc2ccc([N+](=O)[O-])cc2)c(O)c1.[Pd].[Pd].[Pd]. The quantitative estimate of drug-likeness (QED) is 0.00302. The Morgan fingerprint density at radius 1 is 0.333 bits per heavy atom. The van der Waals surface area contributed by atoms with Crippen molar-refractivity contribution in [2.75, 3.05) is 69.0 Å². The number of ether oxygens (including phenoxy) is 3. The first-order valence-corrected chi connectivity index (χ1v) is 48.4. The Kier molecular flexibility index (Phi) is 72.8. The van der Waals surface area contributed by atoms with Gasteiger partial charge in [-0.3, -0.25) is 20.2 Å². The predicted molar refractivity (Wildman–Crippen MR) is 555 cm³/mol. The molecule has 27 heteroatoms. The van der Waals surface area contributed by atoms with E-state index in [2.05, 4.69) is 214 Å². The van der Waals surface area contributed by atoms with E-state index in [0.29, 0.717) is 22.7 Å². The molecule has 0 amide bonds. The molecule has 760 valence electrons. The van der Waals surface area contributed by atoms with Crippen molar-refractivity contribution in [2.24, 2.45) is 35.4 Å². The van der Waals surface area contributed by atoms with Gasteiger partial charge in [-0.1, -0.05) is 168 Å². The van der Waals surface area contributed by atoms with E-state index in [1.165, 1.54) is 187 Å². The second-order valence-corrected chi connectivity index (χ2v) is 32.2. The van der Waals surface area contributed by atoms with Crippen molar-refractivity contribution in [2.45, 2.75) is 256 Å². The summed E-state index contributed by atoms with van der Waals surface area (Å²) in [5.74, 6) is 0.973. The number of aliphatic imine (C=N–C) groups is 3. The molecule has 10 aromatic rings. The van der Waals surface area contributed by atoms with Crippen LogP contribution in [0.5, 0.6) is 17.2 Å². The average molecular weight is 2170 g/mol. The number of unbranched alkanes of at least 4 members (excludes halogenated alkanes) is 12. The van der Waals surface area contributed by atoms with E-state index in [0.717, 1.165) is 174 Å². The van der Waals surface area contributed by atoms with E-state index in [4.69, 9.17) is 34.6 Å². The summed E-state index contributed by atoms with van der Waals surface area (Å²) in [6.45, 7) is 31.8. The van der Waals surface area contributed by atoms with Crippen molar-refractivity contribution < 1.29 is 116 Å². The molecule has 0 aromatic heterocycles. The standard InChI is InChI=1S/3C25H34NO.2C16H18N4O3.2C2H6O2.3Pd/c2*1-3-5-9-22-15-17-25(18-16-22)26-21-24-13-11-23(12-14-24)10-7-8-20-27-19-6-4-2;1-3-5-7-8-9-10-20-27-25-18-14-23(15-19-25)21-26-24-16-12-22(13-17-24)11-6-4-2;2*1-3-19(4-2)14-9-10-15(16(21)11-14)18-17-12-5-7-13(8-6-12)20(22)23;2*1-2(3)4;;;/h2*11-13,15-18,21H,3-10,19-20H2,1-2H3;12-14,16-19,21H,3-11,20H2,1-2H3;2*5-11,21H,3-4H2,1-2H3;2*2-4H,1H3;;;/q3*-1;;;;;;;. The van der Waals surface area contributed by atoms with Crippen molar-refractivity contribution in [3.8, 4) is 17.2 Å². The van der Waals surface area contributed by atoms with Crippen LogP contribution in [0.4, 0.5) is 62.6 Å². The summed E-state index contributed by atoms with van der Waals surface area (Å²) < 4.78 is 17.0. The van der Waals surface area contributed by atoms with Crippen LogP contribution in [0.1, 0.15) is 256 Å². The number of rotatable bonds is 51. The zero-order valence-corrected chi connectivity index (χ0v) is 87.7. The fourth-order valence-electron chi connectivity index (χ4n) is 12.9. The fraction of sp³-hybridized carbons (Fsp3) is 0.432. The monoisotopic (exact) mass is 2160 g/mol. The number of aromatic hydroxyl groups is 2. The molecular weight excluding hydrogens is 2010 g/mol. The first-order chi connectivity index (χ1) is 65.5. The van der Waals surface area contributed by atoms with E-state index in [1.54, 1.807) is 24.3 Å². The number of hydrogen-bond acceptors (Lipinski definition) is 22. The maximum absolute atomic E-state index is 10.6. The van der Waals surface area contributed by atoms with Crippen LogP contribution in [-0.4, -0.2) is 131 Å². The van der Waals surface area contributed by atoms with Crippen molar-refractivity contribution in [1.82, 2.24) is 0 Å². The maximum atomic E-state index is 10.6. The van der Waals surface area contributed by atoms with E-state index < -0.39 is 22.4 Å². The molecule has 0 bridgehead atoms. The molecule has 0 atom stereocenters. The van der Waals surface area contributed by atoms with Crippen LogP contribution in [-0.2, 0) is 103 Å². The molecule has 24 nitrogen and oxygen atoms in total. The minimum atomic E-state index is -1.17. The van der Waals surface area contributed by atoms with Crippen molar-refractivity contribution in [1.29, 1.82) is 0 Å². The van der Waals surface area contributed by atoms with E-state index in [1.807, 2.05) is 76.7 Å². The number of phenols is 2. The molecule has 138 heavy (non-hydrogen) atoms. The molecule has 0 radical (unpaired) electrons. The van der Waals surface area contributed by atoms with Gasteiger partial charge in [0.25, 0.3) is 11.4 Å². The second-order valence-electron chi connectivity index (χ2n) is 32.2. The molecule has 0 spiro atoms. The summed E-state index contributed by atoms with van der Waals surface area (Å²) in [7, 11) is 0. The number of aliphatic hydroxyl groups is 4. The molecule has 10 aromatic carbocycles. The zero-order valence-electron chi connectivity index (χ0n) is 83.0. The Balaban J connectivity index is 0.000000841. The summed E-state index contributed by atoms with van der Waals surface area (Å²) >= 11 is 0. The molecule has 0 aliphatic carbocycles. The summed E-state index contributed by atoms with van der Waals surface area (Å²) in [5.41, 5.74) is 16.3.